The molecular weight excluding hydrogens is 398 g/mol. The van der Waals surface area contributed by atoms with Crippen molar-refractivity contribution in [1.29, 1.82) is 0 Å². The Morgan fingerprint density at radius 1 is 1.10 bits per heavy atom. The smallest absolute Gasteiger partial charge is 0.341 e. The fourth-order valence-electron chi connectivity index (χ4n) is 3.63. The summed E-state index contributed by atoms with van der Waals surface area (Å²) in [5.41, 5.74) is 2.96. The molecule has 1 heterocycles. The van der Waals surface area contributed by atoms with E-state index in [1.54, 1.807) is 0 Å². The Hall–Kier alpha value is -2.34. The van der Waals surface area contributed by atoms with Crippen LogP contribution in [0.25, 0.3) is 0 Å². The fourth-order valence-corrected chi connectivity index (χ4v) is 4.93. The molecular formula is C24H31NO4S. The van der Waals surface area contributed by atoms with E-state index >= 15 is 0 Å². The molecule has 3 rings (SSSR count). The average Bonchev–Trinajstić information content (AvgIpc) is 3.08. The zero-order valence-corrected chi connectivity index (χ0v) is 19.1. The number of aryl methyl sites for hydroxylation is 1. The molecule has 0 saturated carbocycles. The molecule has 1 aromatic heterocycles. The number of rotatable bonds is 7. The number of nitrogens with one attached hydrogen (secondary N) is 1. The van der Waals surface area contributed by atoms with Gasteiger partial charge < -0.3 is 14.8 Å². The summed E-state index contributed by atoms with van der Waals surface area (Å²) in [6.07, 6.45) is 4.95. The molecule has 1 aliphatic rings. The van der Waals surface area contributed by atoms with Crippen LogP contribution in [0.5, 0.6) is 5.75 Å². The maximum atomic E-state index is 12.4. The highest BCUT2D eigenvalue weighted by Gasteiger charge is 2.26. The highest BCUT2D eigenvalue weighted by Crippen LogP contribution is 2.38. The first kappa shape index (κ1) is 22.3. The van der Waals surface area contributed by atoms with Crippen molar-refractivity contribution < 1.29 is 19.1 Å². The van der Waals surface area contributed by atoms with Gasteiger partial charge in [0, 0.05) is 11.3 Å². The summed E-state index contributed by atoms with van der Waals surface area (Å²) in [7, 11) is 1.38. The van der Waals surface area contributed by atoms with Gasteiger partial charge in [-0.05, 0) is 60.8 Å². The summed E-state index contributed by atoms with van der Waals surface area (Å²) in [4.78, 5) is 25.9. The summed E-state index contributed by atoms with van der Waals surface area (Å²) < 4.78 is 10.7. The number of fused-ring (bicyclic) bond motifs is 1. The zero-order chi connectivity index (χ0) is 21.7. The minimum absolute atomic E-state index is 0.106. The van der Waals surface area contributed by atoms with Crippen LogP contribution in [0.3, 0.4) is 0 Å². The minimum atomic E-state index is -0.369. The largest absolute Gasteiger partial charge is 0.494 e. The molecule has 1 aliphatic carbocycles. The van der Waals surface area contributed by atoms with Crippen LogP contribution in [0.1, 0.15) is 72.8 Å². The summed E-state index contributed by atoms with van der Waals surface area (Å²) in [5.74, 6) is 0.333. The number of carbonyl (C=O) groups is 2. The van der Waals surface area contributed by atoms with Gasteiger partial charge in [0.05, 0.1) is 19.3 Å². The Kier molecular flexibility index (Phi) is 7.19. The second-order valence-corrected chi connectivity index (χ2v) is 9.79. The molecule has 1 N–H and O–H groups in total. The molecule has 30 heavy (non-hydrogen) atoms. The van der Waals surface area contributed by atoms with Crippen LogP contribution < -0.4 is 10.1 Å². The number of amides is 1. The number of ether oxygens (including phenoxy) is 2. The predicted octanol–water partition coefficient (Wildman–Crippen LogP) is 5.51. The van der Waals surface area contributed by atoms with Crippen molar-refractivity contribution in [3.05, 3.63) is 45.8 Å². The van der Waals surface area contributed by atoms with Crippen molar-refractivity contribution in [1.82, 2.24) is 0 Å². The lowest BCUT2D eigenvalue weighted by Gasteiger charge is -2.19. The lowest BCUT2D eigenvalue weighted by atomic mass is 9.87. The lowest BCUT2D eigenvalue weighted by Crippen LogP contribution is -2.15. The van der Waals surface area contributed by atoms with Gasteiger partial charge in [0.25, 0.3) is 0 Å². The Labute approximate surface area is 182 Å². The van der Waals surface area contributed by atoms with Crippen molar-refractivity contribution in [3.63, 3.8) is 0 Å². The molecule has 5 nitrogen and oxygen atoms in total. The van der Waals surface area contributed by atoms with Gasteiger partial charge in [-0.1, -0.05) is 32.9 Å². The molecule has 0 radical (unpaired) electrons. The van der Waals surface area contributed by atoms with Crippen molar-refractivity contribution in [2.24, 2.45) is 0 Å². The first-order valence-electron chi connectivity index (χ1n) is 10.6. The Morgan fingerprint density at radius 3 is 2.47 bits per heavy atom. The predicted molar refractivity (Wildman–Crippen MR) is 121 cm³/mol. The molecule has 0 unspecified atom stereocenters. The second kappa shape index (κ2) is 9.65. The maximum Gasteiger partial charge on any atom is 0.341 e. The molecule has 0 saturated heterocycles. The van der Waals surface area contributed by atoms with Gasteiger partial charge in [-0.15, -0.1) is 11.3 Å². The van der Waals surface area contributed by atoms with E-state index in [-0.39, 0.29) is 17.3 Å². The molecule has 1 aromatic carbocycles. The van der Waals surface area contributed by atoms with Crippen LogP contribution in [-0.4, -0.2) is 25.6 Å². The Balaban J connectivity index is 1.52. The van der Waals surface area contributed by atoms with Crippen LogP contribution in [0.2, 0.25) is 0 Å². The Morgan fingerprint density at radius 2 is 1.80 bits per heavy atom. The van der Waals surface area contributed by atoms with Crippen LogP contribution in [0.4, 0.5) is 5.00 Å². The quantitative estimate of drug-likeness (QED) is 0.466. The fraction of sp³-hybridized carbons (Fsp3) is 0.500. The van der Waals surface area contributed by atoms with Crippen LogP contribution in [-0.2, 0) is 27.8 Å². The van der Waals surface area contributed by atoms with E-state index in [9.17, 15) is 9.59 Å². The third kappa shape index (κ3) is 5.42. The Bertz CT molecular complexity index is 893. The normalized spacial score (nSPS) is 13.5. The highest BCUT2D eigenvalue weighted by atomic mass is 32.1. The van der Waals surface area contributed by atoms with Gasteiger partial charge in [-0.3, -0.25) is 4.79 Å². The van der Waals surface area contributed by atoms with Gasteiger partial charge in [0.1, 0.15) is 10.8 Å². The number of anilines is 1. The molecule has 0 aliphatic heterocycles. The number of thiophene rings is 1. The lowest BCUT2D eigenvalue weighted by molar-refractivity contribution is -0.116. The van der Waals surface area contributed by atoms with Gasteiger partial charge in [0.2, 0.25) is 5.91 Å². The van der Waals surface area contributed by atoms with E-state index in [1.807, 2.05) is 12.1 Å². The number of methoxy groups -OCH3 is 1. The van der Waals surface area contributed by atoms with Gasteiger partial charge in [-0.2, -0.15) is 0 Å². The van der Waals surface area contributed by atoms with Gasteiger partial charge >= 0.3 is 5.97 Å². The molecule has 0 atom stereocenters. The zero-order valence-electron chi connectivity index (χ0n) is 18.3. The van der Waals surface area contributed by atoms with Gasteiger partial charge in [0.15, 0.2) is 0 Å². The minimum Gasteiger partial charge on any atom is -0.494 e. The molecule has 1 amide bonds. The van der Waals surface area contributed by atoms with E-state index in [0.717, 1.165) is 37.0 Å². The maximum absolute atomic E-state index is 12.4. The van der Waals surface area contributed by atoms with E-state index in [0.29, 0.717) is 30.0 Å². The summed E-state index contributed by atoms with van der Waals surface area (Å²) in [6, 6.07) is 8.10. The van der Waals surface area contributed by atoms with Crippen LogP contribution >= 0.6 is 11.3 Å². The molecule has 2 aromatic rings. The molecule has 0 bridgehead atoms. The number of hydrogen-bond donors (Lipinski definition) is 1. The highest BCUT2D eigenvalue weighted by molar-refractivity contribution is 7.17. The standard InChI is InChI=1S/C24H31NO4S/c1-24(2,3)16-11-13-17(14-12-16)29-15-7-10-20(26)25-22-21(23(27)28-4)18-8-5-6-9-19(18)30-22/h11-14H,5-10,15H2,1-4H3,(H,25,26). The average molecular weight is 430 g/mol. The third-order valence-corrected chi connectivity index (χ3v) is 6.56. The van der Waals surface area contributed by atoms with Crippen molar-refractivity contribution in [2.45, 2.75) is 64.7 Å². The SMILES string of the molecule is COC(=O)c1c(NC(=O)CCCOc2ccc(C(C)(C)C)cc2)sc2c1CCCC2. The number of hydrogen-bond acceptors (Lipinski definition) is 5. The molecule has 0 fully saturated rings. The van der Waals surface area contributed by atoms with Crippen LogP contribution in [0, 0.1) is 0 Å². The number of esters is 1. The monoisotopic (exact) mass is 429 g/mol. The second-order valence-electron chi connectivity index (χ2n) is 8.68. The van der Waals surface area contributed by atoms with Crippen molar-refractivity contribution in [2.75, 3.05) is 19.0 Å². The summed E-state index contributed by atoms with van der Waals surface area (Å²) in [5, 5.41) is 3.55. The molecule has 0 spiro atoms. The molecule has 162 valence electrons. The number of benzene rings is 1. The van der Waals surface area contributed by atoms with E-state index in [1.165, 1.54) is 28.9 Å². The topological polar surface area (TPSA) is 64.6 Å². The first-order valence-corrected chi connectivity index (χ1v) is 11.4. The van der Waals surface area contributed by atoms with E-state index in [4.69, 9.17) is 9.47 Å². The summed E-state index contributed by atoms with van der Waals surface area (Å²) >= 11 is 1.51. The van der Waals surface area contributed by atoms with E-state index < -0.39 is 0 Å². The number of carbonyl (C=O) groups excluding carboxylic acids is 2. The summed E-state index contributed by atoms with van der Waals surface area (Å²) in [6.45, 7) is 7.00. The van der Waals surface area contributed by atoms with Crippen molar-refractivity contribution >= 4 is 28.2 Å². The van der Waals surface area contributed by atoms with Crippen molar-refractivity contribution in [3.8, 4) is 5.75 Å². The van der Waals surface area contributed by atoms with E-state index in [2.05, 4.69) is 38.2 Å². The first-order chi connectivity index (χ1) is 14.3. The molecule has 6 heteroatoms. The van der Waals surface area contributed by atoms with Crippen LogP contribution in [0.15, 0.2) is 24.3 Å². The van der Waals surface area contributed by atoms with Gasteiger partial charge in [-0.25, -0.2) is 4.79 Å². The third-order valence-electron chi connectivity index (χ3n) is 5.35.